The molecule has 0 atom stereocenters. The largest absolute Gasteiger partial charge is 0.478 e. The van der Waals surface area contributed by atoms with E-state index in [-0.39, 0.29) is 0 Å². The molecule has 0 heterocycles. The first-order valence-electron chi connectivity index (χ1n) is 5.41. The van der Waals surface area contributed by atoms with Crippen LogP contribution in [-0.4, -0.2) is 29.1 Å². The van der Waals surface area contributed by atoms with E-state index in [2.05, 4.69) is 11.9 Å². The lowest BCUT2D eigenvalue weighted by molar-refractivity contribution is 0.0698. The van der Waals surface area contributed by atoms with Crippen LogP contribution in [0, 0.1) is 6.92 Å². The molecule has 1 rings (SSSR count). The molecule has 0 aliphatic rings. The van der Waals surface area contributed by atoms with Crippen molar-refractivity contribution in [2.24, 2.45) is 0 Å². The van der Waals surface area contributed by atoms with Crippen LogP contribution in [0.2, 0.25) is 0 Å². The van der Waals surface area contributed by atoms with Crippen molar-refractivity contribution >= 4 is 23.4 Å². The number of nitrogens with one attached hydrogen (secondary N) is 1. The lowest BCUT2D eigenvalue weighted by Crippen LogP contribution is -2.09. The highest BCUT2D eigenvalue weighted by molar-refractivity contribution is 7.99. The maximum atomic E-state index is 11.1. The first-order chi connectivity index (χ1) is 8.15. The van der Waals surface area contributed by atoms with Gasteiger partial charge in [-0.25, -0.2) is 4.79 Å². The normalized spacial score (nSPS) is 9.94. The quantitative estimate of drug-likeness (QED) is 0.577. The van der Waals surface area contributed by atoms with Crippen molar-refractivity contribution in [1.82, 2.24) is 0 Å². The number of benzene rings is 1. The van der Waals surface area contributed by atoms with E-state index in [1.54, 1.807) is 17.8 Å². The van der Waals surface area contributed by atoms with Gasteiger partial charge in [-0.15, -0.1) is 6.58 Å². The monoisotopic (exact) mass is 251 g/mol. The van der Waals surface area contributed by atoms with Gasteiger partial charge in [0.1, 0.15) is 0 Å². The van der Waals surface area contributed by atoms with Crippen molar-refractivity contribution in [1.29, 1.82) is 0 Å². The number of carboxylic acids is 1. The summed E-state index contributed by atoms with van der Waals surface area (Å²) in [7, 11) is 0. The number of thioether (sulfide) groups is 1. The summed E-state index contributed by atoms with van der Waals surface area (Å²) in [4.78, 5) is 11.1. The Morgan fingerprint density at radius 1 is 1.59 bits per heavy atom. The van der Waals surface area contributed by atoms with E-state index in [1.807, 2.05) is 25.1 Å². The molecule has 17 heavy (non-hydrogen) atoms. The Morgan fingerprint density at radius 3 is 3.00 bits per heavy atom. The molecule has 3 nitrogen and oxygen atoms in total. The van der Waals surface area contributed by atoms with E-state index in [4.69, 9.17) is 5.11 Å². The van der Waals surface area contributed by atoms with Crippen molar-refractivity contribution in [3.63, 3.8) is 0 Å². The highest BCUT2D eigenvalue weighted by Crippen LogP contribution is 2.17. The molecule has 0 aromatic heterocycles. The summed E-state index contributed by atoms with van der Waals surface area (Å²) in [5.41, 5.74) is 1.97. The number of carbonyl (C=O) groups is 1. The Balaban J connectivity index is 2.58. The minimum absolute atomic E-state index is 0.332. The van der Waals surface area contributed by atoms with Gasteiger partial charge in [0.05, 0.1) is 5.56 Å². The number of hydrogen-bond donors (Lipinski definition) is 2. The van der Waals surface area contributed by atoms with Gasteiger partial charge in [0.15, 0.2) is 0 Å². The highest BCUT2D eigenvalue weighted by atomic mass is 32.2. The first-order valence-corrected chi connectivity index (χ1v) is 6.57. The second kappa shape index (κ2) is 7.01. The Hall–Kier alpha value is -1.42. The summed E-state index contributed by atoms with van der Waals surface area (Å²) in [6.45, 7) is 6.28. The Kier molecular flexibility index (Phi) is 5.63. The van der Waals surface area contributed by atoms with Crippen LogP contribution in [0.4, 0.5) is 5.69 Å². The molecule has 1 aromatic carbocycles. The molecule has 0 radical (unpaired) electrons. The van der Waals surface area contributed by atoms with Gasteiger partial charge in [-0.1, -0.05) is 17.7 Å². The zero-order valence-electron chi connectivity index (χ0n) is 9.90. The number of carboxylic acid groups (broad SMARTS) is 1. The van der Waals surface area contributed by atoms with Crippen LogP contribution in [0.3, 0.4) is 0 Å². The topological polar surface area (TPSA) is 49.3 Å². The summed E-state index contributed by atoms with van der Waals surface area (Å²) in [5.74, 6) is 0.954. The number of aryl methyl sites for hydroxylation is 1. The van der Waals surface area contributed by atoms with Crippen LogP contribution in [0.5, 0.6) is 0 Å². The summed E-state index contributed by atoms with van der Waals surface area (Å²) in [6, 6.07) is 5.41. The Labute approximate surface area is 106 Å². The number of hydrogen-bond acceptors (Lipinski definition) is 3. The SMILES string of the molecule is C=CCSCCNc1ccc(C)cc1C(=O)O. The fraction of sp³-hybridized carbons (Fsp3) is 0.308. The molecule has 0 bridgehead atoms. The molecule has 0 amide bonds. The van der Waals surface area contributed by atoms with Crippen molar-refractivity contribution in [3.8, 4) is 0 Å². The van der Waals surface area contributed by atoms with Crippen LogP contribution in [0.25, 0.3) is 0 Å². The van der Waals surface area contributed by atoms with Crippen molar-refractivity contribution in [2.75, 3.05) is 23.4 Å². The average molecular weight is 251 g/mol. The number of anilines is 1. The maximum Gasteiger partial charge on any atom is 0.337 e. The summed E-state index contributed by atoms with van der Waals surface area (Å²) >= 11 is 1.76. The number of aromatic carboxylic acids is 1. The van der Waals surface area contributed by atoms with Gasteiger partial charge in [-0.05, 0) is 19.1 Å². The van der Waals surface area contributed by atoms with Gasteiger partial charge in [0.2, 0.25) is 0 Å². The molecule has 0 saturated heterocycles. The second-order valence-corrected chi connectivity index (χ2v) is 4.79. The minimum atomic E-state index is -0.894. The molecule has 0 saturated carbocycles. The van der Waals surface area contributed by atoms with Crippen LogP contribution >= 0.6 is 11.8 Å². The molecule has 0 aliphatic carbocycles. The summed E-state index contributed by atoms with van der Waals surface area (Å²) in [6.07, 6.45) is 1.86. The van der Waals surface area contributed by atoms with Gasteiger partial charge >= 0.3 is 5.97 Å². The molecular formula is C13H17NO2S. The Morgan fingerprint density at radius 2 is 2.35 bits per heavy atom. The third kappa shape index (κ3) is 4.53. The van der Waals surface area contributed by atoms with E-state index in [0.29, 0.717) is 11.3 Å². The van der Waals surface area contributed by atoms with Crippen molar-refractivity contribution in [3.05, 3.63) is 42.0 Å². The Bertz CT molecular complexity index is 404. The summed E-state index contributed by atoms with van der Waals surface area (Å²) in [5, 5.41) is 12.2. The third-order valence-corrected chi connectivity index (χ3v) is 3.17. The molecular weight excluding hydrogens is 234 g/mol. The minimum Gasteiger partial charge on any atom is -0.478 e. The lowest BCUT2D eigenvalue weighted by Gasteiger charge is -2.09. The molecule has 92 valence electrons. The van der Waals surface area contributed by atoms with Gasteiger partial charge in [0.25, 0.3) is 0 Å². The van der Waals surface area contributed by atoms with E-state index in [9.17, 15) is 4.79 Å². The second-order valence-electron chi connectivity index (χ2n) is 3.64. The van der Waals surface area contributed by atoms with Crippen LogP contribution < -0.4 is 5.32 Å². The molecule has 1 aromatic rings. The van der Waals surface area contributed by atoms with E-state index in [0.717, 1.165) is 23.6 Å². The lowest BCUT2D eigenvalue weighted by atomic mass is 10.1. The predicted octanol–water partition coefficient (Wildman–Crippen LogP) is 3.02. The predicted molar refractivity (Wildman–Crippen MR) is 74.2 cm³/mol. The third-order valence-electron chi connectivity index (χ3n) is 2.20. The smallest absolute Gasteiger partial charge is 0.337 e. The fourth-order valence-electron chi connectivity index (χ4n) is 1.41. The summed E-state index contributed by atoms with van der Waals surface area (Å²) < 4.78 is 0. The van der Waals surface area contributed by atoms with Gasteiger partial charge in [-0.2, -0.15) is 11.8 Å². The zero-order chi connectivity index (χ0) is 12.7. The van der Waals surface area contributed by atoms with Crippen LogP contribution in [0.15, 0.2) is 30.9 Å². The van der Waals surface area contributed by atoms with Crippen molar-refractivity contribution in [2.45, 2.75) is 6.92 Å². The zero-order valence-corrected chi connectivity index (χ0v) is 10.7. The molecule has 0 spiro atoms. The van der Waals surface area contributed by atoms with E-state index in [1.165, 1.54) is 0 Å². The van der Waals surface area contributed by atoms with Crippen molar-refractivity contribution < 1.29 is 9.90 Å². The fourth-order valence-corrected chi connectivity index (χ4v) is 1.99. The average Bonchev–Trinajstić information content (AvgIpc) is 2.30. The molecule has 4 heteroatoms. The van der Waals surface area contributed by atoms with E-state index >= 15 is 0 Å². The standard InChI is InChI=1S/C13H17NO2S/c1-3-7-17-8-6-14-12-5-4-10(2)9-11(12)13(15)16/h3-5,9,14H,1,6-8H2,2H3,(H,15,16). The molecule has 0 unspecified atom stereocenters. The first kappa shape index (κ1) is 13.6. The molecule has 2 N–H and O–H groups in total. The highest BCUT2D eigenvalue weighted by Gasteiger charge is 2.09. The van der Waals surface area contributed by atoms with Crippen LogP contribution in [0.1, 0.15) is 15.9 Å². The number of rotatable bonds is 7. The van der Waals surface area contributed by atoms with Gasteiger partial charge in [-0.3, -0.25) is 0 Å². The van der Waals surface area contributed by atoms with Gasteiger partial charge in [0, 0.05) is 23.7 Å². The molecule has 0 aliphatic heterocycles. The molecule has 0 fully saturated rings. The van der Waals surface area contributed by atoms with E-state index < -0.39 is 5.97 Å². The maximum absolute atomic E-state index is 11.1. The van der Waals surface area contributed by atoms with Crippen LogP contribution in [-0.2, 0) is 0 Å². The van der Waals surface area contributed by atoms with Gasteiger partial charge < -0.3 is 10.4 Å².